The number of likely N-dealkylation sites (tertiary alicyclic amines) is 1. The van der Waals surface area contributed by atoms with Crippen LogP contribution < -0.4 is 4.74 Å². The molecule has 1 fully saturated rings. The molecule has 1 unspecified atom stereocenters. The summed E-state index contributed by atoms with van der Waals surface area (Å²) >= 11 is 0. The van der Waals surface area contributed by atoms with Gasteiger partial charge in [-0.3, -0.25) is 19.7 Å². The second-order valence-corrected chi connectivity index (χ2v) is 8.06. The zero-order valence-corrected chi connectivity index (χ0v) is 18.7. The van der Waals surface area contributed by atoms with Crippen LogP contribution in [0.1, 0.15) is 31.0 Å². The molecule has 0 radical (unpaired) electrons. The number of benzene rings is 2. The molecule has 1 aliphatic heterocycles. The summed E-state index contributed by atoms with van der Waals surface area (Å²) in [6, 6.07) is 11.2. The molecule has 1 aliphatic rings. The normalized spacial score (nSPS) is 17.6. The Morgan fingerprint density at radius 1 is 1.12 bits per heavy atom. The van der Waals surface area contributed by atoms with Crippen LogP contribution in [-0.2, 0) is 14.3 Å². The Balaban J connectivity index is 2.03. The maximum atomic E-state index is 12.9. The molecule has 0 aliphatic carbocycles. The number of aliphatic hydroxyl groups is 1. The molecule has 174 valence electrons. The van der Waals surface area contributed by atoms with Crippen LogP contribution in [0.25, 0.3) is 5.76 Å². The highest BCUT2D eigenvalue weighted by Gasteiger charge is 2.45. The van der Waals surface area contributed by atoms with Crippen molar-refractivity contribution in [2.45, 2.75) is 19.9 Å². The molecule has 1 N–H and O–H groups in total. The van der Waals surface area contributed by atoms with E-state index in [9.17, 15) is 24.8 Å². The number of non-ortho nitro benzene ring substituents is 1. The third-order valence-corrected chi connectivity index (χ3v) is 5.21. The van der Waals surface area contributed by atoms with Crippen molar-refractivity contribution in [1.29, 1.82) is 0 Å². The number of nitro benzene ring substituents is 1. The third-order valence-electron chi connectivity index (χ3n) is 5.21. The summed E-state index contributed by atoms with van der Waals surface area (Å²) in [5.74, 6) is -0.955. The Kier molecular flexibility index (Phi) is 7.44. The van der Waals surface area contributed by atoms with Crippen LogP contribution >= 0.6 is 0 Å². The molecule has 2 aromatic carbocycles. The van der Waals surface area contributed by atoms with E-state index >= 15 is 0 Å². The number of amides is 1. The molecule has 1 atom stereocenters. The molecule has 9 heteroatoms. The number of carbonyl (C=O) groups excluding carboxylic acids is 2. The maximum Gasteiger partial charge on any atom is 0.295 e. The van der Waals surface area contributed by atoms with Gasteiger partial charge in [0, 0.05) is 31.4 Å². The topological polar surface area (TPSA) is 119 Å². The van der Waals surface area contributed by atoms with Crippen molar-refractivity contribution < 1.29 is 29.1 Å². The lowest BCUT2D eigenvalue weighted by Gasteiger charge is -2.25. The summed E-state index contributed by atoms with van der Waals surface area (Å²) in [4.78, 5) is 37.5. The van der Waals surface area contributed by atoms with Gasteiger partial charge in [-0.15, -0.1) is 0 Å². The number of carbonyl (C=O) groups is 2. The van der Waals surface area contributed by atoms with Crippen LogP contribution in [0.15, 0.2) is 54.1 Å². The lowest BCUT2D eigenvalue weighted by molar-refractivity contribution is -0.384. The predicted molar refractivity (Wildman–Crippen MR) is 121 cm³/mol. The highest BCUT2D eigenvalue weighted by Crippen LogP contribution is 2.39. The number of ether oxygens (including phenoxy) is 2. The Morgan fingerprint density at radius 2 is 1.76 bits per heavy atom. The first-order valence-electron chi connectivity index (χ1n) is 10.5. The van der Waals surface area contributed by atoms with E-state index in [4.69, 9.17) is 9.47 Å². The van der Waals surface area contributed by atoms with Gasteiger partial charge in [-0.05, 0) is 47.9 Å². The van der Waals surface area contributed by atoms with Gasteiger partial charge in [0.2, 0.25) is 0 Å². The molecule has 2 aromatic rings. The van der Waals surface area contributed by atoms with E-state index in [0.29, 0.717) is 29.4 Å². The number of Topliss-reactive ketones (excluding diaryl/α,β-unsaturated/α-hetero) is 1. The second kappa shape index (κ2) is 10.3. The number of hydrogen-bond donors (Lipinski definition) is 1. The first-order valence-corrected chi connectivity index (χ1v) is 10.5. The molecule has 1 saturated heterocycles. The number of nitro groups is 1. The van der Waals surface area contributed by atoms with E-state index < -0.39 is 22.7 Å². The van der Waals surface area contributed by atoms with E-state index in [1.165, 1.54) is 36.3 Å². The predicted octanol–water partition coefficient (Wildman–Crippen LogP) is 3.70. The van der Waals surface area contributed by atoms with Gasteiger partial charge in [0.15, 0.2) is 0 Å². The quantitative estimate of drug-likeness (QED) is 0.202. The van der Waals surface area contributed by atoms with Crippen LogP contribution in [0.2, 0.25) is 0 Å². The van der Waals surface area contributed by atoms with E-state index in [1.807, 2.05) is 13.8 Å². The molecule has 1 heterocycles. The van der Waals surface area contributed by atoms with E-state index in [-0.39, 0.29) is 30.2 Å². The number of aliphatic hydroxyl groups excluding tert-OH is 1. The molecule has 0 aromatic heterocycles. The lowest BCUT2D eigenvalue weighted by Crippen LogP contribution is -2.32. The molecule has 1 amide bonds. The highest BCUT2D eigenvalue weighted by molar-refractivity contribution is 6.46. The van der Waals surface area contributed by atoms with Gasteiger partial charge < -0.3 is 19.5 Å². The van der Waals surface area contributed by atoms with Crippen LogP contribution in [-0.4, -0.2) is 53.5 Å². The number of methoxy groups -OCH3 is 1. The van der Waals surface area contributed by atoms with Gasteiger partial charge >= 0.3 is 0 Å². The minimum atomic E-state index is -0.905. The second-order valence-electron chi connectivity index (χ2n) is 8.06. The fourth-order valence-electron chi connectivity index (χ4n) is 3.55. The van der Waals surface area contributed by atoms with Gasteiger partial charge in [0.05, 0.1) is 29.8 Å². The number of nitrogens with zero attached hydrogens (tertiary/aromatic N) is 2. The molecule has 0 bridgehead atoms. The Bertz CT molecular complexity index is 1060. The maximum absolute atomic E-state index is 12.9. The fourth-order valence-corrected chi connectivity index (χ4v) is 3.55. The van der Waals surface area contributed by atoms with Gasteiger partial charge in [-0.25, -0.2) is 0 Å². The van der Waals surface area contributed by atoms with Gasteiger partial charge in [0.25, 0.3) is 17.4 Å². The Morgan fingerprint density at radius 3 is 2.30 bits per heavy atom. The summed E-state index contributed by atoms with van der Waals surface area (Å²) in [5, 5.41) is 22.1. The summed E-state index contributed by atoms with van der Waals surface area (Å²) < 4.78 is 10.7. The molecule has 9 nitrogen and oxygen atoms in total. The van der Waals surface area contributed by atoms with Gasteiger partial charge in [0.1, 0.15) is 11.5 Å². The zero-order valence-electron chi connectivity index (χ0n) is 18.7. The van der Waals surface area contributed by atoms with Crippen molar-refractivity contribution >= 4 is 23.1 Å². The minimum Gasteiger partial charge on any atom is -0.507 e. The monoisotopic (exact) mass is 454 g/mol. The SMILES string of the molecule is COCCN1C(=O)C(=O)/C(=C(/O)c2ccc(OCC(C)C)cc2)C1c1ccc([N+](=O)[O-])cc1. The molecule has 0 spiro atoms. The molecule has 33 heavy (non-hydrogen) atoms. The standard InChI is InChI=1S/C24H26N2O7/c1-15(2)14-33-19-10-6-17(7-11-19)22(27)20-21(16-4-8-18(9-5-16)26(30)31)25(12-13-32-3)24(29)23(20)28/h4-11,15,21,27H,12-14H2,1-3H3/b22-20+. The van der Waals surface area contributed by atoms with Crippen LogP contribution in [0, 0.1) is 16.0 Å². The van der Waals surface area contributed by atoms with Crippen molar-refractivity contribution in [3.8, 4) is 5.75 Å². The largest absolute Gasteiger partial charge is 0.507 e. The average Bonchev–Trinajstić information content (AvgIpc) is 3.06. The van der Waals surface area contributed by atoms with E-state index in [1.54, 1.807) is 24.3 Å². The Labute approximate surface area is 191 Å². The summed E-state index contributed by atoms with van der Waals surface area (Å²) in [5.41, 5.74) is 0.614. The summed E-state index contributed by atoms with van der Waals surface area (Å²) in [6.07, 6.45) is 0. The van der Waals surface area contributed by atoms with Crippen LogP contribution in [0.4, 0.5) is 5.69 Å². The van der Waals surface area contributed by atoms with Crippen molar-refractivity contribution in [3.63, 3.8) is 0 Å². The lowest BCUT2D eigenvalue weighted by atomic mass is 9.95. The van der Waals surface area contributed by atoms with Crippen LogP contribution in [0.3, 0.4) is 0 Å². The number of rotatable bonds is 9. The average molecular weight is 454 g/mol. The highest BCUT2D eigenvalue weighted by atomic mass is 16.6. The van der Waals surface area contributed by atoms with E-state index in [2.05, 4.69) is 0 Å². The molecule has 3 rings (SSSR count). The van der Waals surface area contributed by atoms with Crippen molar-refractivity contribution in [2.75, 3.05) is 26.9 Å². The molecular formula is C24H26N2O7. The van der Waals surface area contributed by atoms with Gasteiger partial charge in [-0.2, -0.15) is 0 Å². The number of ketones is 1. The number of hydrogen-bond acceptors (Lipinski definition) is 7. The Hall–Kier alpha value is -3.72. The minimum absolute atomic E-state index is 0.0826. The molecular weight excluding hydrogens is 428 g/mol. The molecule has 0 saturated carbocycles. The fraction of sp³-hybridized carbons (Fsp3) is 0.333. The summed E-state index contributed by atoms with van der Waals surface area (Å²) in [6.45, 7) is 4.89. The van der Waals surface area contributed by atoms with Gasteiger partial charge in [-0.1, -0.05) is 13.8 Å². The van der Waals surface area contributed by atoms with Crippen LogP contribution in [0.5, 0.6) is 5.75 Å². The van der Waals surface area contributed by atoms with Crippen molar-refractivity contribution in [3.05, 3.63) is 75.3 Å². The summed E-state index contributed by atoms with van der Waals surface area (Å²) in [7, 11) is 1.47. The first-order chi connectivity index (χ1) is 15.7. The smallest absolute Gasteiger partial charge is 0.295 e. The third kappa shape index (κ3) is 5.20. The zero-order chi connectivity index (χ0) is 24.1. The first kappa shape index (κ1) is 23.9. The van der Waals surface area contributed by atoms with Crippen molar-refractivity contribution in [2.24, 2.45) is 5.92 Å². The van der Waals surface area contributed by atoms with Crippen molar-refractivity contribution in [1.82, 2.24) is 4.90 Å². The van der Waals surface area contributed by atoms with E-state index in [0.717, 1.165) is 0 Å².